The van der Waals surface area contributed by atoms with E-state index in [0.717, 1.165) is 5.56 Å². The van der Waals surface area contributed by atoms with Crippen molar-refractivity contribution in [3.05, 3.63) is 34.9 Å². The standard InChI is InChI=1S/C16H20ClNO3/c1-10(2)14-9-21-16(20)18(14)15(19)11(3)8-12-4-6-13(17)7-5-12/h4-7,10-11,14H,8-9H2,1-3H3. The molecule has 0 saturated carbocycles. The third-order valence-corrected chi connectivity index (χ3v) is 4.04. The fourth-order valence-electron chi connectivity index (χ4n) is 2.48. The van der Waals surface area contributed by atoms with Crippen molar-refractivity contribution >= 4 is 23.6 Å². The van der Waals surface area contributed by atoms with Gasteiger partial charge < -0.3 is 4.74 Å². The van der Waals surface area contributed by atoms with Gasteiger partial charge in [0, 0.05) is 10.9 Å². The summed E-state index contributed by atoms with van der Waals surface area (Å²) in [5.41, 5.74) is 1.02. The van der Waals surface area contributed by atoms with Gasteiger partial charge in [-0.2, -0.15) is 0 Å². The Morgan fingerprint density at radius 3 is 2.52 bits per heavy atom. The van der Waals surface area contributed by atoms with Gasteiger partial charge in [-0.05, 0) is 30.0 Å². The topological polar surface area (TPSA) is 46.6 Å². The minimum Gasteiger partial charge on any atom is -0.447 e. The normalized spacial score (nSPS) is 19.8. The molecule has 1 aliphatic rings. The quantitative estimate of drug-likeness (QED) is 0.855. The van der Waals surface area contributed by atoms with Gasteiger partial charge in [-0.15, -0.1) is 0 Å². The number of hydrogen-bond donors (Lipinski definition) is 0. The molecule has 1 aliphatic heterocycles. The first-order chi connectivity index (χ1) is 9.90. The molecular weight excluding hydrogens is 290 g/mol. The molecule has 5 heteroatoms. The summed E-state index contributed by atoms with van der Waals surface area (Å²) >= 11 is 5.85. The highest BCUT2D eigenvalue weighted by atomic mass is 35.5. The Hall–Kier alpha value is -1.55. The number of halogens is 1. The third kappa shape index (κ3) is 3.56. The van der Waals surface area contributed by atoms with Crippen molar-refractivity contribution in [2.24, 2.45) is 11.8 Å². The highest BCUT2D eigenvalue weighted by Crippen LogP contribution is 2.23. The fourth-order valence-corrected chi connectivity index (χ4v) is 2.60. The van der Waals surface area contributed by atoms with E-state index in [1.165, 1.54) is 4.90 Å². The summed E-state index contributed by atoms with van der Waals surface area (Å²) in [6.07, 6.45) is 0.0478. The molecule has 1 aromatic rings. The Morgan fingerprint density at radius 2 is 1.95 bits per heavy atom. The number of carbonyl (C=O) groups is 2. The van der Waals surface area contributed by atoms with Gasteiger partial charge >= 0.3 is 6.09 Å². The smallest absolute Gasteiger partial charge is 0.416 e. The van der Waals surface area contributed by atoms with E-state index in [4.69, 9.17) is 16.3 Å². The van der Waals surface area contributed by atoms with Crippen LogP contribution < -0.4 is 0 Å². The van der Waals surface area contributed by atoms with E-state index in [0.29, 0.717) is 11.4 Å². The van der Waals surface area contributed by atoms with Gasteiger partial charge in [0.05, 0.1) is 6.04 Å². The Labute approximate surface area is 130 Å². The molecule has 0 bridgehead atoms. The van der Waals surface area contributed by atoms with E-state index >= 15 is 0 Å². The number of ether oxygens (including phenoxy) is 1. The van der Waals surface area contributed by atoms with Gasteiger partial charge in [-0.25, -0.2) is 9.69 Å². The van der Waals surface area contributed by atoms with Crippen LogP contribution >= 0.6 is 11.6 Å². The van der Waals surface area contributed by atoms with Crippen LogP contribution in [-0.4, -0.2) is 29.5 Å². The van der Waals surface area contributed by atoms with E-state index in [-0.39, 0.29) is 30.4 Å². The predicted octanol–water partition coefficient (Wildman–Crippen LogP) is 3.52. The molecule has 4 nitrogen and oxygen atoms in total. The number of carbonyl (C=O) groups excluding carboxylic acids is 2. The van der Waals surface area contributed by atoms with Crippen LogP contribution in [0.25, 0.3) is 0 Å². The number of cyclic esters (lactones) is 1. The van der Waals surface area contributed by atoms with Crippen LogP contribution in [0.4, 0.5) is 4.79 Å². The van der Waals surface area contributed by atoms with Crippen molar-refractivity contribution < 1.29 is 14.3 Å². The third-order valence-electron chi connectivity index (χ3n) is 3.79. The number of imide groups is 1. The molecule has 114 valence electrons. The lowest BCUT2D eigenvalue weighted by atomic mass is 9.97. The molecule has 1 fully saturated rings. The van der Waals surface area contributed by atoms with Gasteiger partial charge in [0.25, 0.3) is 0 Å². The second kappa shape index (κ2) is 6.48. The van der Waals surface area contributed by atoms with Crippen molar-refractivity contribution in [1.29, 1.82) is 0 Å². The predicted molar refractivity (Wildman–Crippen MR) is 81.1 cm³/mol. The van der Waals surface area contributed by atoms with Crippen LogP contribution in [-0.2, 0) is 16.0 Å². The summed E-state index contributed by atoms with van der Waals surface area (Å²) < 4.78 is 5.03. The number of nitrogens with zero attached hydrogens (tertiary/aromatic N) is 1. The van der Waals surface area contributed by atoms with Gasteiger partial charge in [-0.1, -0.05) is 44.5 Å². The average Bonchev–Trinajstić information content (AvgIpc) is 2.82. The molecular formula is C16H20ClNO3. The lowest BCUT2D eigenvalue weighted by molar-refractivity contribution is -0.133. The number of rotatable bonds is 4. The molecule has 1 heterocycles. The lowest BCUT2D eigenvalue weighted by Gasteiger charge is -2.25. The lowest BCUT2D eigenvalue weighted by Crippen LogP contribution is -2.44. The monoisotopic (exact) mass is 309 g/mol. The van der Waals surface area contributed by atoms with Crippen LogP contribution in [0.2, 0.25) is 5.02 Å². The molecule has 0 aliphatic carbocycles. The summed E-state index contributed by atoms with van der Waals surface area (Å²) in [4.78, 5) is 25.6. The van der Waals surface area contributed by atoms with Gasteiger partial charge in [0.1, 0.15) is 6.61 Å². The van der Waals surface area contributed by atoms with Crippen LogP contribution in [0, 0.1) is 11.8 Å². The first-order valence-electron chi connectivity index (χ1n) is 7.14. The highest BCUT2D eigenvalue weighted by Gasteiger charge is 2.40. The Balaban J connectivity index is 2.07. The van der Waals surface area contributed by atoms with E-state index in [9.17, 15) is 9.59 Å². The molecule has 2 unspecified atom stereocenters. The van der Waals surface area contributed by atoms with E-state index in [1.807, 2.05) is 32.9 Å². The summed E-state index contributed by atoms with van der Waals surface area (Å²) in [7, 11) is 0. The Kier molecular flexibility index (Phi) is 4.88. The van der Waals surface area contributed by atoms with E-state index in [1.54, 1.807) is 12.1 Å². The maximum atomic E-state index is 12.5. The van der Waals surface area contributed by atoms with E-state index in [2.05, 4.69) is 0 Å². The Morgan fingerprint density at radius 1 is 1.33 bits per heavy atom. The van der Waals surface area contributed by atoms with Gasteiger partial charge in [0.2, 0.25) is 5.91 Å². The zero-order valence-corrected chi connectivity index (χ0v) is 13.3. The second-order valence-electron chi connectivity index (χ2n) is 5.83. The SMILES string of the molecule is CC(Cc1ccc(Cl)cc1)C(=O)N1C(=O)OCC1C(C)C. The van der Waals surface area contributed by atoms with E-state index < -0.39 is 6.09 Å². The highest BCUT2D eigenvalue weighted by molar-refractivity contribution is 6.30. The molecule has 2 atom stereocenters. The molecule has 1 aromatic carbocycles. The summed E-state index contributed by atoms with van der Waals surface area (Å²) in [5, 5.41) is 0.667. The molecule has 1 saturated heterocycles. The molecule has 21 heavy (non-hydrogen) atoms. The number of hydrogen-bond acceptors (Lipinski definition) is 3. The average molecular weight is 310 g/mol. The molecule has 0 radical (unpaired) electrons. The fraction of sp³-hybridized carbons (Fsp3) is 0.500. The van der Waals surface area contributed by atoms with Crippen LogP contribution in [0.15, 0.2) is 24.3 Å². The maximum absolute atomic E-state index is 12.5. The largest absolute Gasteiger partial charge is 0.447 e. The van der Waals surface area contributed by atoms with Crippen molar-refractivity contribution in [2.75, 3.05) is 6.61 Å². The molecule has 2 amide bonds. The molecule has 0 spiro atoms. The molecule has 0 aromatic heterocycles. The number of amides is 2. The molecule has 0 N–H and O–H groups in total. The first kappa shape index (κ1) is 15.8. The van der Waals surface area contributed by atoms with Crippen molar-refractivity contribution in [2.45, 2.75) is 33.2 Å². The number of benzene rings is 1. The zero-order valence-electron chi connectivity index (χ0n) is 12.5. The van der Waals surface area contributed by atoms with Crippen molar-refractivity contribution in [3.63, 3.8) is 0 Å². The van der Waals surface area contributed by atoms with Crippen LogP contribution in [0.1, 0.15) is 26.3 Å². The van der Waals surface area contributed by atoms with Gasteiger partial charge in [0.15, 0.2) is 0 Å². The summed E-state index contributed by atoms with van der Waals surface area (Å²) in [6, 6.07) is 7.23. The Bertz CT molecular complexity index is 527. The van der Waals surface area contributed by atoms with Crippen molar-refractivity contribution in [3.8, 4) is 0 Å². The first-order valence-corrected chi connectivity index (χ1v) is 7.52. The zero-order chi connectivity index (χ0) is 15.6. The maximum Gasteiger partial charge on any atom is 0.416 e. The van der Waals surface area contributed by atoms with Gasteiger partial charge in [-0.3, -0.25) is 4.79 Å². The minimum absolute atomic E-state index is 0.169. The second-order valence-corrected chi connectivity index (χ2v) is 6.26. The molecule has 2 rings (SSSR count). The summed E-state index contributed by atoms with van der Waals surface area (Å²) in [6.45, 7) is 6.09. The minimum atomic E-state index is -0.526. The van der Waals surface area contributed by atoms with Crippen LogP contribution in [0.5, 0.6) is 0 Å². The summed E-state index contributed by atoms with van der Waals surface area (Å²) in [5.74, 6) is -0.271. The van der Waals surface area contributed by atoms with Crippen molar-refractivity contribution in [1.82, 2.24) is 4.90 Å². The van der Waals surface area contributed by atoms with Crippen LogP contribution in [0.3, 0.4) is 0 Å².